The Morgan fingerprint density at radius 1 is 1.25 bits per heavy atom. The van der Waals surface area contributed by atoms with Crippen LogP contribution in [0.4, 0.5) is 0 Å². The molecule has 1 aromatic rings. The van der Waals surface area contributed by atoms with E-state index in [1.807, 2.05) is 13.0 Å². The van der Waals surface area contributed by atoms with Crippen molar-refractivity contribution < 1.29 is 9.53 Å². The van der Waals surface area contributed by atoms with Gasteiger partial charge in [0, 0.05) is 12.8 Å². The highest BCUT2D eigenvalue weighted by molar-refractivity contribution is 6.32. The first-order chi connectivity index (χ1) is 9.58. The van der Waals surface area contributed by atoms with Crippen molar-refractivity contribution in [2.24, 2.45) is 0 Å². The summed E-state index contributed by atoms with van der Waals surface area (Å²) in [4.78, 5) is 11.3. The Balaban J connectivity index is 2.60. The Bertz CT molecular complexity index is 441. The van der Waals surface area contributed by atoms with E-state index in [4.69, 9.17) is 16.3 Å². The molecule has 0 bridgehead atoms. The lowest BCUT2D eigenvalue weighted by Gasteiger charge is -2.12. The van der Waals surface area contributed by atoms with Gasteiger partial charge in [0.1, 0.15) is 11.5 Å². The zero-order chi connectivity index (χ0) is 15.0. The molecule has 0 radical (unpaired) electrons. The van der Waals surface area contributed by atoms with Crippen LogP contribution in [0, 0.1) is 6.92 Å². The van der Waals surface area contributed by atoms with Gasteiger partial charge in [-0.2, -0.15) is 0 Å². The number of benzene rings is 1. The molecule has 20 heavy (non-hydrogen) atoms. The van der Waals surface area contributed by atoms with E-state index < -0.39 is 0 Å². The highest BCUT2D eigenvalue weighted by atomic mass is 35.5. The van der Waals surface area contributed by atoms with Crippen LogP contribution in [0.2, 0.25) is 5.02 Å². The molecule has 0 aliphatic carbocycles. The first-order valence-corrected chi connectivity index (χ1v) is 7.89. The maximum absolute atomic E-state index is 11.3. The molecule has 0 heterocycles. The molecule has 0 atom stereocenters. The van der Waals surface area contributed by atoms with Crippen LogP contribution >= 0.6 is 11.6 Å². The van der Waals surface area contributed by atoms with Crippen molar-refractivity contribution in [3.63, 3.8) is 0 Å². The quantitative estimate of drug-likeness (QED) is 0.591. The summed E-state index contributed by atoms with van der Waals surface area (Å²) in [7, 11) is 0. The summed E-state index contributed by atoms with van der Waals surface area (Å²) in [6.45, 7) is 6.74. The number of carbonyl (C=O) groups is 1. The average Bonchev–Trinajstić information content (AvgIpc) is 2.44. The Morgan fingerprint density at radius 2 is 2.00 bits per heavy atom. The monoisotopic (exact) mass is 296 g/mol. The summed E-state index contributed by atoms with van der Waals surface area (Å²) < 4.78 is 5.68. The number of hydrogen-bond acceptors (Lipinski definition) is 2. The van der Waals surface area contributed by atoms with E-state index in [1.165, 1.54) is 5.56 Å². The van der Waals surface area contributed by atoms with Gasteiger partial charge in [-0.25, -0.2) is 0 Å². The molecular weight excluding hydrogens is 272 g/mol. The van der Waals surface area contributed by atoms with Crippen molar-refractivity contribution in [2.45, 2.75) is 59.3 Å². The molecule has 0 unspecified atom stereocenters. The fourth-order valence-corrected chi connectivity index (χ4v) is 2.38. The summed E-state index contributed by atoms with van der Waals surface area (Å²) in [6, 6.07) is 4.10. The lowest BCUT2D eigenvalue weighted by molar-refractivity contribution is -0.118. The second-order valence-electron chi connectivity index (χ2n) is 5.18. The van der Waals surface area contributed by atoms with Crippen LogP contribution in [0.25, 0.3) is 0 Å². The second-order valence-corrected chi connectivity index (χ2v) is 5.56. The maximum atomic E-state index is 11.3. The van der Waals surface area contributed by atoms with E-state index in [9.17, 15) is 4.79 Å². The first kappa shape index (κ1) is 17.0. The molecule has 1 aromatic carbocycles. The third-order valence-electron chi connectivity index (χ3n) is 3.27. The van der Waals surface area contributed by atoms with Crippen molar-refractivity contribution >= 4 is 17.4 Å². The number of aryl methyl sites for hydroxylation is 2. The van der Waals surface area contributed by atoms with Gasteiger partial charge in [0.25, 0.3) is 0 Å². The molecule has 2 nitrogen and oxygen atoms in total. The van der Waals surface area contributed by atoms with E-state index in [0.717, 1.165) is 42.0 Å². The van der Waals surface area contributed by atoms with Crippen LogP contribution in [-0.2, 0) is 11.2 Å². The third-order valence-corrected chi connectivity index (χ3v) is 3.70. The molecule has 0 saturated carbocycles. The lowest BCUT2D eigenvalue weighted by Crippen LogP contribution is -1.99. The van der Waals surface area contributed by atoms with E-state index in [2.05, 4.69) is 19.9 Å². The lowest BCUT2D eigenvalue weighted by atomic mass is 10.0. The number of ketones is 1. The van der Waals surface area contributed by atoms with Gasteiger partial charge in [0.15, 0.2) is 0 Å². The van der Waals surface area contributed by atoms with Crippen LogP contribution < -0.4 is 4.74 Å². The normalized spacial score (nSPS) is 10.6. The number of carbonyl (C=O) groups excluding carboxylic acids is 1. The van der Waals surface area contributed by atoms with Gasteiger partial charge in [-0.05, 0) is 49.8 Å². The Kier molecular flexibility index (Phi) is 7.68. The Labute approximate surface area is 127 Å². The SMILES string of the molecule is CCCOc1cc(C)cc(CCCCC(=O)CC)c1Cl. The number of hydrogen-bond donors (Lipinski definition) is 0. The second kappa shape index (κ2) is 9.02. The first-order valence-electron chi connectivity index (χ1n) is 7.52. The number of rotatable bonds is 9. The highest BCUT2D eigenvalue weighted by Crippen LogP contribution is 2.31. The molecule has 112 valence electrons. The van der Waals surface area contributed by atoms with Crippen molar-refractivity contribution in [3.8, 4) is 5.75 Å². The Hall–Kier alpha value is -1.02. The van der Waals surface area contributed by atoms with Crippen LogP contribution in [0.5, 0.6) is 5.75 Å². The third kappa shape index (κ3) is 5.54. The van der Waals surface area contributed by atoms with Gasteiger partial charge in [0.05, 0.1) is 11.6 Å². The predicted octanol–water partition coefficient (Wildman–Crippen LogP) is 5.13. The molecule has 1 rings (SSSR count). The van der Waals surface area contributed by atoms with Crippen molar-refractivity contribution in [1.29, 1.82) is 0 Å². The Morgan fingerprint density at radius 3 is 2.65 bits per heavy atom. The molecule has 0 aliphatic rings. The van der Waals surface area contributed by atoms with Crippen LogP contribution in [0.3, 0.4) is 0 Å². The smallest absolute Gasteiger partial charge is 0.138 e. The predicted molar refractivity (Wildman–Crippen MR) is 84.8 cm³/mol. The number of unbranched alkanes of at least 4 members (excludes halogenated alkanes) is 1. The van der Waals surface area contributed by atoms with Crippen molar-refractivity contribution in [3.05, 3.63) is 28.3 Å². The molecule has 0 fully saturated rings. The molecular formula is C17H25ClO2. The van der Waals surface area contributed by atoms with E-state index >= 15 is 0 Å². The summed E-state index contributed by atoms with van der Waals surface area (Å²) >= 11 is 6.39. The van der Waals surface area contributed by atoms with Crippen molar-refractivity contribution in [1.82, 2.24) is 0 Å². The van der Waals surface area contributed by atoms with Gasteiger partial charge in [-0.15, -0.1) is 0 Å². The van der Waals surface area contributed by atoms with Gasteiger partial charge in [-0.3, -0.25) is 4.79 Å². The molecule has 0 amide bonds. The van der Waals surface area contributed by atoms with E-state index in [-0.39, 0.29) is 0 Å². The minimum Gasteiger partial charge on any atom is -0.492 e. The average molecular weight is 297 g/mol. The van der Waals surface area contributed by atoms with Gasteiger partial charge >= 0.3 is 0 Å². The fraction of sp³-hybridized carbons (Fsp3) is 0.588. The molecule has 0 aromatic heterocycles. The molecule has 0 N–H and O–H groups in total. The summed E-state index contributed by atoms with van der Waals surface area (Å²) in [5.74, 6) is 1.13. The number of Topliss-reactive ketones (excluding diaryl/α,β-unsaturated/α-hetero) is 1. The standard InChI is InChI=1S/C17H25ClO2/c1-4-10-20-16-12-13(3)11-14(17(16)18)8-6-7-9-15(19)5-2/h11-12H,4-10H2,1-3H3. The molecule has 0 spiro atoms. The minimum atomic E-state index is 0.340. The maximum Gasteiger partial charge on any atom is 0.138 e. The largest absolute Gasteiger partial charge is 0.492 e. The fourth-order valence-electron chi connectivity index (χ4n) is 2.12. The molecule has 0 aliphatic heterocycles. The summed E-state index contributed by atoms with van der Waals surface area (Å²) in [6.07, 6.45) is 5.11. The number of ether oxygens (including phenoxy) is 1. The number of halogens is 1. The minimum absolute atomic E-state index is 0.340. The van der Waals surface area contributed by atoms with Crippen molar-refractivity contribution in [2.75, 3.05) is 6.61 Å². The highest BCUT2D eigenvalue weighted by Gasteiger charge is 2.09. The topological polar surface area (TPSA) is 26.3 Å². The summed E-state index contributed by atoms with van der Waals surface area (Å²) in [5.41, 5.74) is 2.29. The molecule has 0 saturated heterocycles. The van der Waals surface area contributed by atoms with Gasteiger partial charge < -0.3 is 4.74 Å². The molecule has 3 heteroatoms. The van der Waals surface area contributed by atoms with Crippen LogP contribution in [-0.4, -0.2) is 12.4 Å². The summed E-state index contributed by atoms with van der Waals surface area (Å²) in [5, 5.41) is 0.728. The zero-order valence-electron chi connectivity index (χ0n) is 12.8. The van der Waals surface area contributed by atoms with Crippen LogP contribution in [0.15, 0.2) is 12.1 Å². The van der Waals surface area contributed by atoms with Gasteiger partial charge in [-0.1, -0.05) is 31.5 Å². The zero-order valence-corrected chi connectivity index (χ0v) is 13.6. The van der Waals surface area contributed by atoms with Gasteiger partial charge in [0.2, 0.25) is 0 Å². The van der Waals surface area contributed by atoms with E-state index in [0.29, 0.717) is 25.2 Å². The van der Waals surface area contributed by atoms with Crippen LogP contribution in [0.1, 0.15) is 57.1 Å². The van der Waals surface area contributed by atoms with E-state index in [1.54, 1.807) is 0 Å².